The molecule has 0 aliphatic heterocycles. The molecule has 0 fully saturated rings. The van der Waals surface area contributed by atoms with Crippen molar-refractivity contribution in [2.75, 3.05) is 26.2 Å². The summed E-state index contributed by atoms with van der Waals surface area (Å²) in [6, 6.07) is 0. The summed E-state index contributed by atoms with van der Waals surface area (Å²) in [6.07, 6.45) is 10.1. The van der Waals surface area contributed by atoms with E-state index in [1.807, 2.05) is 0 Å². The van der Waals surface area contributed by atoms with E-state index in [0.717, 1.165) is 0 Å². The molecule has 0 N–H and O–H groups in total. The van der Waals surface area contributed by atoms with Gasteiger partial charge in [-0.1, -0.05) is 25.8 Å². The summed E-state index contributed by atoms with van der Waals surface area (Å²) in [5, 5.41) is 0. The Bertz CT molecular complexity index is 148. The molecule has 0 rings (SSSR count). The fraction of sp³-hybridized carbons (Fsp3) is 0.857. The zero-order chi connectivity index (χ0) is 11.6. The summed E-state index contributed by atoms with van der Waals surface area (Å²) in [6.45, 7) is 14.2. The topological polar surface area (TPSA) is 0 Å². The van der Waals surface area contributed by atoms with Crippen LogP contribution in [0.5, 0.6) is 0 Å². The smallest absolute Gasteiger partial charge is 0.0973 e. The van der Waals surface area contributed by atoms with Crippen molar-refractivity contribution in [3.63, 3.8) is 0 Å². The second-order valence-corrected chi connectivity index (χ2v) is 4.44. The van der Waals surface area contributed by atoms with Crippen molar-refractivity contribution < 1.29 is 4.48 Å². The first-order chi connectivity index (χ1) is 7.24. The lowest BCUT2D eigenvalue weighted by Gasteiger charge is -2.34. The van der Waals surface area contributed by atoms with Crippen LogP contribution >= 0.6 is 0 Å². The van der Waals surface area contributed by atoms with E-state index in [0.29, 0.717) is 0 Å². The van der Waals surface area contributed by atoms with Gasteiger partial charge in [-0.05, 0) is 39.7 Å². The molecule has 0 aromatic heterocycles. The summed E-state index contributed by atoms with van der Waals surface area (Å²) < 4.78 is 1.24. The lowest BCUT2D eigenvalue weighted by molar-refractivity contribution is -0.917. The molecule has 0 radical (unpaired) electrons. The van der Waals surface area contributed by atoms with Gasteiger partial charge >= 0.3 is 0 Å². The van der Waals surface area contributed by atoms with Crippen molar-refractivity contribution in [1.29, 1.82) is 0 Å². The Morgan fingerprint density at radius 2 is 1.40 bits per heavy atom. The van der Waals surface area contributed by atoms with Crippen LogP contribution in [0.2, 0.25) is 0 Å². The molecule has 0 amide bonds. The van der Waals surface area contributed by atoms with Crippen LogP contribution in [0.25, 0.3) is 0 Å². The monoisotopic (exact) mass is 212 g/mol. The van der Waals surface area contributed by atoms with E-state index in [1.165, 1.54) is 56.3 Å². The summed E-state index contributed by atoms with van der Waals surface area (Å²) in [5.74, 6) is 0. The molecule has 0 atom stereocenters. The highest BCUT2D eigenvalue weighted by molar-refractivity contribution is 4.81. The lowest BCUT2D eigenvalue weighted by Crippen LogP contribution is -2.47. The minimum Gasteiger partial charge on any atom is -0.321 e. The average molecular weight is 212 g/mol. The van der Waals surface area contributed by atoms with Gasteiger partial charge in [-0.15, -0.1) is 0 Å². The van der Waals surface area contributed by atoms with Gasteiger partial charge in [0.1, 0.15) is 0 Å². The summed E-state index contributed by atoms with van der Waals surface area (Å²) in [4.78, 5) is 0. The van der Waals surface area contributed by atoms with Gasteiger partial charge in [0.2, 0.25) is 0 Å². The summed E-state index contributed by atoms with van der Waals surface area (Å²) in [7, 11) is 0. The van der Waals surface area contributed by atoms with Crippen molar-refractivity contribution >= 4 is 0 Å². The summed E-state index contributed by atoms with van der Waals surface area (Å²) >= 11 is 0. The van der Waals surface area contributed by atoms with E-state index in [9.17, 15) is 0 Å². The summed E-state index contributed by atoms with van der Waals surface area (Å²) in [5.41, 5.74) is 0. The minimum atomic E-state index is 1.22. The molecule has 0 saturated carbocycles. The molecule has 0 aromatic carbocycles. The number of allylic oxidation sites excluding steroid dienone is 1. The van der Waals surface area contributed by atoms with E-state index in [4.69, 9.17) is 0 Å². The van der Waals surface area contributed by atoms with Gasteiger partial charge < -0.3 is 4.48 Å². The Morgan fingerprint density at radius 3 is 1.87 bits per heavy atom. The molecule has 0 heterocycles. The van der Waals surface area contributed by atoms with Crippen LogP contribution < -0.4 is 0 Å². The molecule has 0 spiro atoms. The number of rotatable bonds is 9. The molecule has 0 aliphatic carbocycles. The molecular formula is C14H30N+. The highest BCUT2D eigenvalue weighted by Crippen LogP contribution is 2.06. The Hall–Kier alpha value is -0.300. The first kappa shape index (κ1) is 14.7. The highest BCUT2D eigenvalue weighted by Gasteiger charge is 2.17. The second-order valence-electron chi connectivity index (χ2n) is 4.44. The van der Waals surface area contributed by atoms with Gasteiger partial charge in [0.05, 0.1) is 26.2 Å². The molecular weight excluding hydrogens is 182 g/mol. The molecule has 1 heteroatoms. The van der Waals surface area contributed by atoms with Crippen LogP contribution in [0.1, 0.15) is 53.4 Å². The minimum absolute atomic E-state index is 1.22. The van der Waals surface area contributed by atoms with E-state index >= 15 is 0 Å². The molecule has 0 saturated heterocycles. The fourth-order valence-corrected chi connectivity index (χ4v) is 1.99. The highest BCUT2D eigenvalue weighted by atomic mass is 15.3. The number of likely N-dealkylation sites (N-methyl/N-ethyl adjacent to an activating group) is 1. The Balaban J connectivity index is 3.78. The van der Waals surface area contributed by atoms with Gasteiger partial charge in [-0.2, -0.15) is 0 Å². The Morgan fingerprint density at radius 1 is 0.800 bits per heavy atom. The van der Waals surface area contributed by atoms with E-state index in [1.54, 1.807) is 0 Å². The van der Waals surface area contributed by atoms with E-state index in [-0.39, 0.29) is 0 Å². The standard InChI is InChI=1S/C14H30N/c1-5-9-10-11-12-13-14-15(6-2,7-3)8-4/h12-13H,5-11,14H2,1-4H3/q+1/b13-12+. The molecule has 0 unspecified atom stereocenters. The molecule has 0 aliphatic rings. The molecule has 15 heavy (non-hydrogen) atoms. The number of hydrogen-bond donors (Lipinski definition) is 0. The third-order valence-corrected chi connectivity index (χ3v) is 3.65. The van der Waals surface area contributed by atoms with Gasteiger partial charge in [0, 0.05) is 0 Å². The first-order valence-corrected chi connectivity index (χ1v) is 6.74. The van der Waals surface area contributed by atoms with Crippen LogP contribution in [0.15, 0.2) is 12.2 Å². The molecule has 0 bridgehead atoms. The normalized spacial score (nSPS) is 12.5. The predicted octanol–water partition coefficient (Wildman–Crippen LogP) is 4.00. The quantitative estimate of drug-likeness (QED) is 0.308. The van der Waals surface area contributed by atoms with Gasteiger partial charge in [0.25, 0.3) is 0 Å². The number of unbranched alkanes of at least 4 members (excludes halogenated alkanes) is 3. The maximum absolute atomic E-state index is 2.40. The van der Waals surface area contributed by atoms with Crippen LogP contribution in [0.4, 0.5) is 0 Å². The van der Waals surface area contributed by atoms with Gasteiger partial charge in [0.15, 0.2) is 0 Å². The predicted molar refractivity (Wildman–Crippen MR) is 70.0 cm³/mol. The average Bonchev–Trinajstić information content (AvgIpc) is 2.29. The van der Waals surface area contributed by atoms with Crippen molar-refractivity contribution in [2.24, 2.45) is 0 Å². The maximum Gasteiger partial charge on any atom is 0.0973 e. The van der Waals surface area contributed by atoms with E-state index in [2.05, 4.69) is 39.8 Å². The SMILES string of the molecule is CCCCC/C=C/C[N+](CC)(CC)CC. The van der Waals surface area contributed by atoms with Crippen LogP contribution in [0, 0.1) is 0 Å². The maximum atomic E-state index is 2.40. The third-order valence-electron chi connectivity index (χ3n) is 3.65. The second kappa shape index (κ2) is 8.96. The van der Waals surface area contributed by atoms with Crippen molar-refractivity contribution in [1.82, 2.24) is 0 Å². The zero-order valence-corrected chi connectivity index (χ0v) is 11.3. The lowest BCUT2D eigenvalue weighted by atomic mass is 10.2. The van der Waals surface area contributed by atoms with Crippen molar-refractivity contribution in [3.05, 3.63) is 12.2 Å². The molecule has 0 aromatic rings. The Kier molecular flexibility index (Phi) is 8.79. The fourth-order valence-electron chi connectivity index (χ4n) is 1.99. The Labute approximate surface area is 96.8 Å². The number of nitrogens with zero attached hydrogens (tertiary/aromatic N) is 1. The van der Waals surface area contributed by atoms with Gasteiger partial charge in [-0.25, -0.2) is 0 Å². The number of hydrogen-bond acceptors (Lipinski definition) is 0. The largest absolute Gasteiger partial charge is 0.321 e. The molecule has 1 nitrogen and oxygen atoms in total. The number of quaternary nitrogens is 1. The van der Waals surface area contributed by atoms with Crippen LogP contribution in [-0.2, 0) is 0 Å². The zero-order valence-electron chi connectivity index (χ0n) is 11.3. The first-order valence-electron chi connectivity index (χ1n) is 6.74. The van der Waals surface area contributed by atoms with Crippen LogP contribution in [-0.4, -0.2) is 30.7 Å². The van der Waals surface area contributed by atoms with Crippen LogP contribution in [0.3, 0.4) is 0 Å². The third kappa shape index (κ3) is 5.99. The van der Waals surface area contributed by atoms with Crippen molar-refractivity contribution in [2.45, 2.75) is 53.4 Å². The van der Waals surface area contributed by atoms with Crippen molar-refractivity contribution in [3.8, 4) is 0 Å². The van der Waals surface area contributed by atoms with E-state index < -0.39 is 0 Å². The van der Waals surface area contributed by atoms with Gasteiger partial charge in [-0.3, -0.25) is 0 Å². The molecule has 90 valence electrons.